The van der Waals surface area contributed by atoms with Crippen LogP contribution in [0.15, 0.2) is 64.3 Å². The number of rotatable bonds is 12. The molecule has 1 fully saturated rings. The molecule has 1 amide bonds. The van der Waals surface area contributed by atoms with Crippen molar-refractivity contribution in [2.24, 2.45) is 0 Å². The number of sulfonamides is 1. The largest absolute Gasteiger partial charge is 0.352 e. The maximum atomic E-state index is 13.2. The van der Waals surface area contributed by atoms with E-state index in [0.717, 1.165) is 58.2 Å². The van der Waals surface area contributed by atoms with E-state index in [4.69, 9.17) is 0 Å². The van der Waals surface area contributed by atoms with Gasteiger partial charge in [0.2, 0.25) is 15.6 Å². The van der Waals surface area contributed by atoms with Crippen LogP contribution < -0.4 is 10.9 Å². The highest BCUT2D eigenvalue weighted by Gasteiger charge is 2.26. The van der Waals surface area contributed by atoms with E-state index in [1.54, 1.807) is 6.07 Å². The summed E-state index contributed by atoms with van der Waals surface area (Å²) in [5.74, 6) is -0.378. The average molecular weight is 539 g/mol. The smallest absolute Gasteiger partial charge is 0.252 e. The molecule has 0 aliphatic carbocycles. The molecule has 2 aromatic carbocycles. The number of nitrogens with one attached hydrogen (secondary N) is 2. The molecule has 1 aliphatic rings. The lowest BCUT2D eigenvalue weighted by Gasteiger charge is -2.26. The Hall–Kier alpha value is -3.01. The Morgan fingerprint density at radius 3 is 2.47 bits per heavy atom. The van der Waals surface area contributed by atoms with E-state index in [1.807, 2.05) is 18.2 Å². The highest BCUT2D eigenvalue weighted by Crippen LogP contribution is 2.25. The van der Waals surface area contributed by atoms with Crippen LogP contribution in [0.25, 0.3) is 10.9 Å². The van der Waals surface area contributed by atoms with E-state index in [9.17, 15) is 18.0 Å². The second kappa shape index (κ2) is 13.2. The molecule has 1 aromatic heterocycles. The maximum Gasteiger partial charge on any atom is 0.252 e. The Morgan fingerprint density at radius 2 is 1.74 bits per heavy atom. The van der Waals surface area contributed by atoms with E-state index in [0.29, 0.717) is 30.5 Å². The molecule has 1 saturated heterocycles. The molecule has 38 heavy (non-hydrogen) atoms. The number of amides is 1. The van der Waals surface area contributed by atoms with Crippen LogP contribution in [0.2, 0.25) is 0 Å². The van der Waals surface area contributed by atoms with Gasteiger partial charge in [0.25, 0.3) is 5.91 Å². The van der Waals surface area contributed by atoms with Gasteiger partial charge >= 0.3 is 0 Å². The van der Waals surface area contributed by atoms with Crippen molar-refractivity contribution in [2.75, 3.05) is 32.7 Å². The second-order valence-corrected chi connectivity index (χ2v) is 11.9. The minimum Gasteiger partial charge on any atom is -0.352 e. The number of H-pyrrole nitrogens is 1. The number of aromatic amines is 1. The standard InChI is InChI=1S/C29H38N4O4S/c1-2-3-16-32(22-23-11-6-4-7-12-23)17-10-15-30-29(35)26-21-28(34)31-27-14-13-24(20-25(26)27)38(36,37)33-18-8-5-9-19-33/h4,6-7,11-14,20-21H,2-3,5,8-10,15-19,22H2,1H3,(H,30,35)(H,31,34). The van der Waals surface area contributed by atoms with Gasteiger partial charge in [-0.3, -0.25) is 14.5 Å². The molecule has 9 heteroatoms. The third-order valence-electron chi connectivity index (χ3n) is 7.03. The number of unbranched alkanes of at least 4 members (excludes halogenated alkanes) is 1. The van der Waals surface area contributed by atoms with Gasteiger partial charge in [0.15, 0.2) is 0 Å². The fourth-order valence-electron chi connectivity index (χ4n) is 4.93. The summed E-state index contributed by atoms with van der Waals surface area (Å²) in [5.41, 5.74) is 1.49. The van der Waals surface area contributed by atoms with Gasteiger partial charge in [-0.25, -0.2) is 8.42 Å². The number of aromatic nitrogens is 1. The van der Waals surface area contributed by atoms with Crippen LogP contribution >= 0.6 is 0 Å². The van der Waals surface area contributed by atoms with Gasteiger partial charge in [-0.1, -0.05) is 50.1 Å². The molecule has 0 saturated carbocycles. The van der Waals surface area contributed by atoms with E-state index >= 15 is 0 Å². The van der Waals surface area contributed by atoms with Crippen LogP contribution in [0.4, 0.5) is 0 Å². The first-order valence-corrected chi connectivity index (χ1v) is 15.0. The van der Waals surface area contributed by atoms with Gasteiger partial charge in [-0.05, 0) is 56.0 Å². The minimum atomic E-state index is -3.67. The number of piperidine rings is 1. The Labute approximate surface area is 225 Å². The zero-order valence-corrected chi connectivity index (χ0v) is 22.9. The summed E-state index contributed by atoms with van der Waals surface area (Å²) in [4.78, 5) is 30.7. The van der Waals surface area contributed by atoms with Crippen molar-refractivity contribution in [2.45, 2.75) is 56.9 Å². The van der Waals surface area contributed by atoms with Gasteiger partial charge in [0.05, 0.1) is 10.5 Å². The Balaban J connectivity index is 1.44. The molecule has 0 unspecified atom stereocenters. The number of nitrogens with zero attached hydrogens (tertiary/aromatic N) is 2. The normalized spacial score (nSPS) is 14.7. The fourth-order valence-corrected chi connectivity index (χ4v) is 6.47. The van der Waals surface area contributed by atoms with Crippen molar-refractivity contribution in [3.63, 3.8) is 0 Å². The van der Waals surface area contributed by atoms with Crippen LogP contribution in [0.3, 0.4) is 0 Å². The van der Waals surface area contributed by atoms with Gasteiger partial charge in [-0.15, -0.1) is 0 Å². The SMILES string of the molecule is CCCCN(CCCNC(=O)c1cc(=O)[nH]c2ccc(S(=O)(=O)N3CCCCC3)cc12)Cc1ccccc1. The first-order chi connectivity index (χ1) is 18.4. The number of pyridine rings is 1. The Morgan fingerprint density at radius 1 is 1.00 bits per heavy atom. The number of hydrogen-bond donors (Lipinski definition) is 2. The number of benzene rings is 2. The van der Waals surface area contributed by atoms with Crippen LogP contribution in [0.1, 0.15) is 61.4 Å². The summed E-state index contributed by atoms with van der Waals surface area (Å²) < 4.78 is 27.9. The van der Waals surface area contributed by atoms with Gasteiger partial charge in [0.1, 0.15) is 0 Å². The molecule has 4 rings (SSSR count). The van der Waals surface area contributed by atoms with E-state index < -0.39 is 15.6 Å². The van der Waals surface area contributed by atoms with Gasteiger partial charge in [-0.2, -0.15) is 4.31 Å². The van der Waals surface area contributed by atoms with Crippen LogP contribution in [0, 0.1) is 0 Å². The van der Waals surface area contributed by atoms with Gasteiger partial charge < -0.3 is 10.3 Å². The second-order valence-electron chi connectivity index (χ2n) is 9.94. The first-order valence-electron chi connectivity index (χ1n) is 13.6. The summed E-state index contributed by atoms with van der Waals surface area (Å²) in [5, 5.41) is 3.36. The molecule has 2 N–H and O–H groups in total. The zero-order valence-electron chi connectivity index (χ0n) is 22.1. The molecular weight excluding hydrogens is 500 g/mol. The Bertz CT molecular complexity index is 1380. The van der Waals surface area contributed by atoms with Crippen molar-refractivity contribution < 1.29 is 13.2 Å². The molecule has 1 aliphatic heterocycles. The highest BCUT2D eigenvalue weighted by atomic mass is 32.2. The van der Waals surface area contributed by atoms with Crippen molar-refractivity contribution in [1.82, 2.24) is 19.5 Å². The Kier molecular flexibility index (Phi) is 9.71. The lowest BCUT2D eigenvalue weighted by atomic mass is 10.1. The van der Waals surface area contributed by atoms with E-state index in [2.05, 4.69) is 34.3 Å². The summed E-state index contributed by atoms with van der Waals surface area (Å²) in [6, 6.07) is 16.2. The molecular formula is C29H38N4O4S. The molecule has 0 radical (unpaired) electrons. The quantitative estimate of drug-likeness (QED) is 0.338. The molecule has 3 aromatic rings. The molecule has 204 valence electrons. The summed E-state index contributed by atoms with van der Waals surface area (Å²) in [7, 11) is -3.67. The van der Waals surface area contributed by atoms with Gasteiger partial charge in [0, 0.05) is 49.7 Å². The van der Waals surface area contributed by atoms with Crippen molar-refractivity contribution in [3.05, 3.63) is 76.1 Å². The van der Waals surface area contributed by atoms with E-state index in [1.165, 1.54) is 28.1 Å². The topological polar surface area (TPSA) is 103 Å². The van der Waals surface area contributed by atoms with Crippen LogP contribution in [-0.4, -0.2) is 61.2 Å². The maximum absolute atomic E-state index is 13.2. The predicted molar refractivity (Wildman–Crippen MR) is 151 cm³/mol. The monoisotopic (exact) mass is 538 g/mol. The average Bonchev–Trinajstić information content (AvgIpc) is 2.94. The fraction of sp³-hybridized carbons (Fsp3) is 0.448. The summed E-state index contributed by atoms with van der Waals surface area (Å²) in [6.45, 7) is 6.32. The summed E-state index contributed by atoms with van der Waals surface area (Å²) in [6.07, 6.45) is 5.70. The van der Waals surface area contributed by atoms with Crippen molar-refractivity contribution in [3.8, 4) is 0 Å². The highest BCUT2D eigenvalue weighted by molar-refractivity contribution is 7.89. The van der Waals surface area contributed by atoms with E-state index in [-0.39, 0.29) is 16.4 Å². The number of carbonyl (C=O) groups is 1. The predicted octanol–water partition coefficient (Wildman–Crippen LogP) is 4.12. The number of hydrogen-bond acceptors (Lipinski definition) is 5. The molecule has 8 nitrogen and oxygen atoms in total. The van der Waals surface area contributed by atoms with Crippen molar-refractivity contribution >= 4 is 26.8 Å². The molecule has 0 spiro atoms. The molecule has 0 atom stereocenters. The molecule has 2 heterocycles. The van der Waals surface area contributed by atoms with Crippen molar-refractivity contribution in [1.29, 1.82) is 0 Å². The lowest BCUT2D eigenvalue weighted by Crippen LogP contribution is -2.35. The zero-order chi connectivity index (χ0) is 27.0. The third kappa shape index (κ3) is 7.09. The first kappa shape index (κ1) is 28.0. The van der Waals surface area contributed by atoms with Crippen LogP contribution in [-0.2, 0) is 16.6 Å². The minimum absolute atomic E-state index is 0.139. The number of fused-ring (bicyclic) bond motifs is 1. The third-order valence-corrected chi connectivity index (χ3v) is 8.92. The summed E-state index contributed by atoms with van der Waals surface area (Å²) >= 11 is 0. The lowest BCUT2D eigenvalue weighted by molar-refractivity contribution is 0.0952. The van der Waals surface area contributed by atoms with Crippen LogP contribution in [0.5, 0.6) is 0 Å². The number of carbonyl (C=O) groups excluding carboxylic acids is 1. The molecule has 0 bridgehead atoms.